The highest BCUT2D eigenvalue weighted by molar-refractivity contribution is 5.83. The molecule has 0 saturated heterocycles. The minimum absolute atomic E-state index is 0.0997. The number of halogens is 2. The molecule has 0 atom stereocenters. The van der Waals surface area contributed by atoms with Gasteiger partial charge in [0.05, 0.1) is 37.4 Å². The molecule has 6 nitrogen and oxygen atoms in total. The highest BCUT2D eigenvalue weighted by atomic mass is 19.1. The maximum atomic E-state index is 13.9. The first-order valence-corrected chi connectivity index (χ1v) is 9.27. The van der Waals surface area contributed by atoms with Crippen LogP contribution in [0.5, 0.6) is 0 Å². The van der Waals surface area contributed by atoms with Crippen molar-refractivity contribution in [2.75, 3.05) is 0 Å². The van der Waals surface area contributed by atoms with Crippen LogP contribution in [0.3, 0.4) is 0 Å². The van der Waals surface area contributed by atoms with Crippen molar-refractivity contribution in [3.63, 3.8) is 0 Å². The Morgan fingerprint density at radius 2 is 1.21 bits per heavy atom. The number of hydrogen-bond acceptors (Lipinski definition) is 3. The van der Waals surface area contributed by atoms with Crippen LogP contribution >= 0.6 is 0 Å². The van der Waals surface area contributed by atoms with E-state index in [0.29, 0.717) is 0 Å². The lowest BCUT2D eigenvalue weighted by Gasteiger charge is -2.11. The van der Waals surface area contributed by atoms with E-state index in [1.807, 2.05) is 0 Å². The average Bonchev–Trinajstić information content (AvgIpc) is 2.86. The molecule has 0 unspecified atom stereocenters. The number of benzene rings is 3. The Morgan fingerprint density at radius 3 is 1.65 bits per heavy atom. The molecule has 3 rings (SSSR count). The Hall–Kier alpha value is -5.80. The van der Waals surface area contributed by atoms with Gasteiger partial charge < -0.3 is 0 Å². The molecule has 34 heavy (non-hydrogen) atoms. The van der Waals surface area contributed by atoms with Crippen LogP contribution in [0.15, 0.2) is 48.5 Å². The summed E-state index contributed by atoms with van der Waals surface area (Å²) in [4.78, 5) is 9.62. The first kappa shape index (κ1) is 22.9. The van der Waals surface area contributed by atoms with Crippen molar-refractivity contribution >= 4 is 17.1 Å². The molecular weight excluding hydrogens is 434 g/mol. The fourth-order valence-corrected chi connectivity index (χ4v) is 3.30. The second-order valence-corrected chi connectivity index (χ2v) is 6.67. The second-order valence-electron chi connectivity index (χ2n) is 6.67. The topological polar surface area (TPSA) is 84.4 Å². The van der Waals surface area contributed by atoms with Crippen molar-refractivity contribution in [3.05, 3.63) is 110 Å². The van der Waals surface area contributed by atoms with E-state index in [4.69, 9.17) is 19.7 Å². The molecule has 3 aromatic rings. The van der Waals surface area contributed by atoms with Gasteiger partial charge in [0, 0.05) is 0 Å². The van der Waals surface area contributed by atoms with Crippen molar-refractivity contribution in [3.8, 4) is 40.5 Å². The molecule has 0 aromatic heterocycles. The molecule has 0 spiro atoms. The molecule has 3 aromatic carbocycles. The fourth-order valence-electron chi connectivity index (χ4n) is 3.30. The van der Waals surface area contributed by atoms with E-state index in [1.54, 1.807) is 18.2 Å². The molecule has 8 heteroatoms. The lowest BCUT2D eigenvalue weighted by atomic mass is 9.93. The van der Waals surface area contributed by atoms with Gasteiger partial charge in [0.25, 0.3) is 11.4 Å². The number of nitriles is 3. The summed E-state index contributed by atoms with van der Waals surface area (Å²) in [5, 5.41) is 28.5. The quantitative estimate of drug-likeness (QED) is 0.533. The standard InChI is InChI=1S/C26H8F2N6/c1-32-24-9-16(5-7-23(24)28)19-11-20(25(13-30)33-2)18(10-21(19)26(14-31)34-3)15-4-6-22(27)17(8-15)12-29/h4-11H/b25-20+,26-21-. The van der Waals surface area contributed by atoms with Gasteiger partial charge in [-0.15, -0.1) is 0 Å². The molecule has 0 fully saturated rings. The normalized spacial score (nSPS) is 11.4. The molecule has 0 heterocycles. The lowest BCUT2D eigenvalue weighted by Crippen LogP contribution is -2.19. The second kappa shape index (κ2) is 9.56. The van der Waals surface area contributed by atoms with Gasteiger partial charge in [-0.2, -0.15) is 5.26 Å². The number of hydrogen-bond donors (Lipinski definition) is 0. The van der Waals surface area contributed by atoms with Gasteiger partial charge in [0.2, 0.25) is 5.69 Å². The van der Waals surface area contributed by atoms with Crippen LogP contribution in [-0.2, 0) is 0 Å². The third kappa shape index (κ3) is 4.04. The van der Waals surface area contributed by atoms with Crippen molar-refractivity contribution in [2.45, 2.75) is 0 Å². The molecule has 0 N–H and O–H groups in total. The first-order chi connectivity index (χ1) is 16.4. The van der Waals surface area contributed by atoms with E-state index in [9.17, 15) is 24.6 Å². The summed E-state index contributed by atoms with van der Waals surface area (Å²) in [5.41, 5.74) is -0.236. The number of rotatable bonds is 2. The maximum absolute atomic E-state index is 13.9. The minimum Gasteiger partial charge on any atom is -0.235 e. The lowest BCUT2D eigenvalue weighted by molar-refractivity contribution is 0.624. The molecule has 0 saturated carbocycles. The van der Waals surface area contributed by atoms with Crippen LogP contribution in [0.25, 0.3) is 48.2 Å². The molecule has 0 bridgehead atoms. The van der Waals surface area contributed by atoms with E-state index >= 15 is 0 Å². The Bertz CT molecular complexity index is 1580. The Labute approximate surface area is 192 Å². The van der Waals surface area contributed by atoms with Crippen LogP contribution in [0, 0.1) is 65.3 Å². The monoisotopic (exact) mass is 442 g/mol. The van der Waals surface area contributed by atoms with Gasteiger partial charge in [-0.05, 0) is 57.0 Å². The zero-order valence-corrected chi connectivity index (χ0v) is 17.1. The van der Waals surface area contributed by atoms with Crippen LogP contribution in [0.2, 0.25) is 0 Å². The first-order valence-electron chi connectivity index (χ1n) is 9.27. The predicted octanol–water partition coefficient (Wildman–Crippen LogP) is 4.82. The maximum Gasteiger partial charge on any atom is 0.269 e. The van der Waals surface area contributed by atoms with E-state index in [2.05, 4.69) is 14.5 Å². The average molecular weight is 442 g/mol. The molecular formula is C26H8F2N6. The summed E-state index contributed by atoms with van der Waals surface area (Å²) >= 11 is 0. The van der Waals surface area contributed by atoms with Crippen molar-refractivity contribution in [1.82, 2.24) is 0 Å². The third-order valence-corrected chi connectivity index (χ3v) is 4.88. The summed E-state index contributed by atoms with van der Waals surface area (Å²) in [6, 6.07) is 15.4. The Kier molecular flexibility index (Phi) is 6.43. The predicted molar refractivity (Wildman–Crippen MR) is 119 cm³/mol. The van der Waals surface area contributed by atoms with E-state index in [0.717, 1.165) is 12.1 Å². The van der Waals surface area contributed by atoms with Crippen molar-refractivity contribution in [1.29, 1.82) is 15.8 Å². The Morgan fingerprint density at radius 1 is 0.706 bits per heavy atom. The largest absolute Gasteiger partial charge is 0.269 e. The van der Waals surface area contributed by atoms with Crippen LogP contribution in [0.1, 0.15) is 5.56 Å². The highest BCUT2D eigenvalue weighted by Crippen LogP contribution is 2.27. The molecule has 0 radical (unpaired) electrons. The van der Waals surface area contributed by atoms with Gasteiger partial charge in [-0.3, -0.25) is 0 Å². The van der Waals surface area contributed by atoms with E-state index in [-0.39, 0.29) is 55.3 Å². The highest BCUT2D eigenvalue weighted by Gasteiger charge is 2.15. The molecule has 156 valence electrons. The van der Waals surface area contributed by atoms with Gasteiger partial charge >= 0.3 is 0 Å². The van der Waals surface area contributed by atoms with Crippen LogP contribution in [0.4, 0.5) is 14.5 Å². The SMILES string of the molecule is [C-]#[N+]/C(C#N)=c1/cc(-c2ccc(F)c(C#N)c2)/c(=C(\C#N)[N+]#[C-])cc1-c1ccc(F)c([N+]#[C-])c1. The molecule has 0 aliphatic carbocycles. The van der Waals surface area contributed by atoms with E-state index < -0.39 is 11.6 Å². The number of nitrogens with zero attached hydrogens (tertiary/aromatic N) is 6. The van der Waals surface area contributed by atoms with Gasteiger partial charge in [-0.25, -0.2) is 33.8 Å². The zero-order valence-electron chi connectivity index (χ0n) is 17.1. The van der Waals surface area contributed by atoms with E-state index in [1.165, 1.54) is 36.4 Å². The van der Waals surface area contributed by atoms with Crippen LogP contribution < -0.4 is 10.4 Å². The van der Waals surface area contributed by atoms with Crippen molar-refractivity contribution in [2.24, 2.45) is 0 Å². The Balaban J connectivity index is 2.62. The smallest absolute Gasteiger partial charge is 0.235 e. The summed E-state index contributed by atoms with van der Waals surface area (Å²) in [6.45, 7) is 22.0. The van der Waals surface area contributed by atoms with Crippen LogP contribution in [-0.4, -0.2) is 0 Å². The molecule has 0 aliphatic heterocycles. The third-order valence-electron chi connectivity index (χ3n) is 4.88. The summed E-state index contributed by atoms with van der Waals surface area (Å²) in [5.74, 6) is -1.52. The molecule has 0 amide bonds. The summed E-state index contributed by atoms with van der Waals surface area (Å²) in [6.07, 6.45) is 0. The van der Waals surface area contributed by atoms with Crippen molar-refractivity contribution < 1.29 is 8.78 Å². The minimum atomic E-state index is -0.761. The van der Waals surface area contributed by atoms with Gasteiger partial charge in [0.15, 0.2) is 0 Å². The zero-order chi connectivity index (χ0) is 24.8. The van der Waals surface area contributed by atoms with Gasteiger partial charge in [-0.1, -0.05) is 24.3 Å². The summed E-state index contributed by atoms with van der Waals surface area (Å²) in [7, 11) is 0. The fraction of sp³-hybridized carbons (Fsp3) is 0. The summed E-state index contributed by atoms with van der Waals surface area (Å²) < 4.78 is 27.8. The molecule has 0 aliphatic rings. The van der Waals surface area contributed by atoms with Gasteiger partial charge in [0.1, 0.15) is 17.7 Å².